The Labute approximate surface area is 135 Å². The van der Waals surface area contributed by atoms with Gasteiger partial charge in [-0.1, -0.05) is 0 Å². The summed E-state index contributed by atoms with van der Waals surface area (Å²) in [4.78, 5) is 8.46. The summed E-state index contributed by atoms with van der Waals surface area (Å²) in [6.45, 7) is 0. The zero-order valence-electron chi connectivity index (χ0n) is 12.4. The van der Waals surface area contributed by atoms with Crippen LogP contribution in [0.4, 0.5) is 0 Å². The maximum absolute atomic E-state index is 10.9. The third kappa shape index (κ3) is 3.57. The molecule has 1 N–H and O–H groups in total. The minimum absolute atomic E-state index is 0.109. The molecule has 0 aliphatic rings. The van der Waals surface area contributed by atoms with Gasteiger partial charge in [-0.05, 0) is 36.1 Å². The van der Waals surface area contributed by atoms with Crippen LogP contribution >= 0.6 is 0 Å². The monoisotopic (exact) mass is 328 g/mol. The Morgan fingerprint density at radius 2 is 1.96 bits per heavy atom. The van der Waals surface area contributed by atoms with Crippen LogP contribution in [0.15, 0.2) is 48.8 Å². The zero-order valence-corrected chi connectivity index (χ0v) is 13.2. The number of pyridine rings is 2. The molecule has 2 heterocycles. The van der Waals surface area contributed by atoms with E-state index in [2.05, 4.69) is 9.97 Å². The summed E-state index contributed by atoms with van der Waals surface area (Å²) >= 11 is 0. The number of nitrogens with zero attached hydrogens (tertiary/aromatic N) is 2. The lowest BCUT2D eigenvalue weighted by molar-refractivity contribution is 0.415. The predicted molar refractivity (Wildman–Crippen MR) is 87.1 cm³/mol. The van der Waals surface area contributed by atoms with E-state index in [0.717, 1.165) is 16.7 Å². The first-order valence-electron chi connectivity index (χ1n) is 6.81. The highest BCUT2D eigenvalue weighted by Gasteiger charge is 2.06. The van der Waals surface area contributed by atoms with Gasteiger partial charge in [0.15, 0.2) is 0 Å². The van der Waals surface area contributed by atoms with Crippen molar-refractivity contribution in [3.8, 4) is 17.2 Å². The van der Waals surface area contributed by atoms with Crippen molar-refractivity contribution >= 4 is 21.5 Å². The van der Waals surface area contributed by atoms with Crippen molar-refractivity contribution < 1.29 is 13.7 Å². The fraction of sp³-hybridized carbons (Fsp3) is 0.125. The molecule has 0 aliphatic carbocycles. The topological polar surface area (TPSA) is 85.2 Å². The first kappa shape index (κ1) is 15.2. The summed E-state index contributed by atoms with van der Waals surface area (Å²) in [5.41, 5.74) is 1.37. The average molecular weight is 328 g/mol. The quantitative estimate of drug-likeness (QED) is 0.722. The van der Waals surface area contributed by atoms with Crippen molar-refractivity contribution in [2.24, 2.45) is 0 Å². The third-order valence-electron chi connectivity index (χ3n) is 3.21. The number of rotatable bonds is 5. The Morgan fingerprint density at radius 3 is 2.65 bits per heavy atom. The molecule has 0 unspecified atom stereocenters. The van der Waals surface area contributed by atoms with E-state index < -0.39 is 10.6 Å². The van der Waals surface area contributed by atoms with E-state index in [4.69, 9.17) is 14.3 Å². The second kappa shape index (κ2) is 6.62. The smallest absolute Gasteiger partial charge is 0.145 e. The molecule has 0 amide bonds. The van der Waals surface area contributed by atoms with Crippen molar-refractivity contribution in [1.29, 1.82) is 4.78 Å². The molecular formula is C16H14N3O3S-. The highest BCUT2D eigenvalue weighted by molar-refractivity contribution is 7.72. The van der Waals surface area contributed by atoms with E-state index in [9.17, 15) is 4.21 Å². The summed E-state index contributed by atoms with van der Waals surface area (Å²) in [6, 6.07) is 10.8. The van der Waals surface area contributed by atoms with Crippen LogP contribution in [0.5, 0.6) is 17.2 Å². The van der Waals surface area contributed by atoms with Gasteiger partial charge in [-0.15, -0.1) is 0 Å². The van der Waals surface area contributed by atoms with Gasteiger partial charge in [0.2, 0.25) is 0 Å². The Kier molecular flexibility index (Phi) is 4.38. The van der Waals surface area contributed by atoms with Crippen molar-refractivity contribution in [3.63, 3.8) is 0 Å². The van der Waals surface area contributed by atoms with E-state index in [-0.39, 0.29) is 5.75 Å². The molecule has 0 aliphatic heterocycles. The SMILES string of the molecule is COc1ccc2c(Oc3ccc(C[S-](=N)=O)nc3)ccnc2c1. The highest BCUT2D eigenvalue weighted by atomic mass is 32.2. The summed E-state index contributed by atoms with van der Waals surface area (Å²) < 4.78 is 29.0. The van der Waals surface area contributed by atoms with Crippen LogP contribution < -0.4 is 9.47 Å². The second-order valence-corrected chi connectivity index (χ2v) is 5.75. The molecule has 23 heavy (non-hydrogen) atoms. The minimum Gasteiger partial charge on any atom is -0.497 e. The largest absolute Gasteiger partial charge is 0.497 e. The summed E-state index contributed by atoms with van der Waals surface area (Å²) in [7, 11) is -0.0466. The van der Waals surface area contributed by atoms with Gasteiger partial charge in [0, 0.05) is 23.3 Å². The van der Waals surface area contributed by atoms with Crippen LogP contribution in [0.25, 0.3) is 10.9 Å². The molecule has 2 aromatic heterocycles. The number of methoxy groups -OCH3 is 1. The van der Waals surface area contributed by atoms with Crippen LogP contribution in [0.3, 0.4) is 0 Å². The van der Waals surface area contributed by atoms with Gasteiger partial charge in [-0.25, -0.2) is 0 Å². The molecular weight excluding hydrogens is 314 g/mol. The lowest BCUT2D eigenvalue weighted by Gasteiger charge is -2.10. The van der Waals surface area contributed by atoms with Gasteiger partial charge in [-0.2, -0.15) is 10.6 Å². The molecule has 0 saturated carbocycles. The molecule has 1 aromatic carbocycles. The van der Waals surface area contributed by atoms with E-state index in [1.807, 2.05) is 18.2 Å². The average Bonchev–Trinajstić information content (AvgIpc) is 2.56. The van der Waals surface area contributed by atoms with Crippen LogP contribution in [-0.2, 0) is 20.6 Å². The van der Waals surface area contributed by atoms with Crippen molar-refractivity contribution in [3.05, 3.63) is 54.5 Å². The first-order chi connectivity index (χ1) is 11.2. The van der Waals surface area contributed by atoms with Gasteiger partial charge in [0.05, 0.1) is 18.8 Å². The molecule has 7 heteroatoms. The Bertz CT molecular complexity index is 900. The van der Waals surface area contributed by atoms with Crippen LogP contribution in [0.1, 0.15) is 5.69 Å². The van der Waals surface area contributed by atoms with Gasteiger partial charge in [-0.3, -0.25) is 9.97 Å². The number of fused-ring (bicyclic) bond motifs is 1. The normalized spacial score (nSPS) is 10.9. The molecule has 3 aromatic rings. The minimum atomic E-state index is -1.66. The fourth-order valence-electron chi connectivity index (χ4n) is 2.14. The molecule has 3 rings (SSSR count). The predicted octanol–water partition coefficient (Wildman–Crippen LogP) is 3.66. The number of benzene rings is 1. The van der Waals surface area contributed by atoms with Gasteiger partial charge >= 0.3 is 0 Å². The highest BCUT2D eigenvalue weighted by Crippen LogP contribution is 2.30. The zero-order chi connectivity index (χ0) is 16.2. The molecule has 0 radical (unpaired) electrons. The lowest BCUT2D eigenvalue weighted by Crippen LogP contribution is -1.92. The molecule has 0 atom stereocenters. The number of nitrogens with one attached hydrogen (secondary N) is 1. The molecule has 6 nitrogen and oxygen atoms in total. The Morgan fingerprint density at radius 1 is 1.13 bits per heavy atom. The fourth-order valence-corrected chi connectivity index (χ4v) is 2.57. The molecule has 0 saturated heterocycles. The maximum atomic E-state index is 10.9. The van der Waals surface area contributed by atoms with Crippen LogP contribution in [-0.4, -0.2) is 17.1 Å². The van der Waals surface area contributed by atoms with Gasteiger partial charge in [0.1, 0.15) is 17.2 Å². The Hall–Kier alpha value is -2.67. The van der Waals surface area contributed by atoms with E-state index >= 15 is 0 Å². The maximum Gasteiger partial charge on any atom is 0.145 e. The van der Waals surface area contributed by atoms with Gasteiger partial charge < -0.3 is 18.5 Å². The molecule has 0 spiro atoms. The van der Waals surface area contributed by atoms with Crippen molar-refractivity contribution in [2.45, 2.75) is 5.75 Å². The summed E-state index contributed by atoms with van der Waals surface area (Å²) in [5.74, 6) is 2.07. The van der Waals surface area contributed by atoms with Crippen LogP contribution in [0, 0.1) is 4.78 Å². The Balaban J connectivity index is 1.89. The van der Waals surface area contributed by atoms with E-state index in [1.54, 1.807) is 37.7 Å². The first-order valence-corrected chi connectivity index (χ1v) is 8.13. The lowest BCUT2D eigenvalue weighted by atomic mass is 10.2. The van der Waals surface area contributed by atoms with Crippen molar-refractivity contribution in [2.75, 3.05) is 7.11 Å². The van der Waals surface area contributed by atoms with Crippen LogP contribution in [0.2, 0.25) is 0 Å². The molecule has 118 valence electrons. The summed E-state index contributed by atoms with van der Waals surface area (Å²) in [5, 5.41) is 0.865. The molecule has 0 fully saturated rings. The van der Waals surface area contributed by atoms with Crippen molar-refractivity contribution in [1.82, 2.24) is 9.97 Å². The van der Waals surface area contributed by atoms with E-state index in [0.29, 0.717) is 17.2 Å². The van der Waals surface area contributed by atoms with E-state index in [1.165, 1.54) is 0 Å². The third-order valence-corrected chi connectivity index (χ3v) is 3.77. The summed E-state index contributed by atoms with van der Waals surface area (Å²) in [6.07, 6.45) is 3.22. The number of ether oxygens (including phenoxy) is 2. The standard InChI is InChI=1S/C16H14N3O3S/c1-21-12-4-5-14-15(8-12)18-7-6-16(14)22-13-3-2-11(19-9-13)10-23(17)20/h2-9,17H,10H2,1H3/q-1. The number of hydrogen-bond acceptors (Lipinski definition) is 7. The number of hydrogen-bond donors (Lipinski definition) is 1. The number of aromatic nitrogens is 2. The second-order valence-electron chi connectivity index (χ2n) is 4.77. The van der Waals surface area contributed by atoms with Gasteiger partial charge in [0.25, 0.3) is 0 Å². The molecule has 0 bridgehead atoms.